The molecule has 25 heavy (non-hydrogen) atoms. The number of fused-ring (bicyclic) bond motifs is 5. The first-order chi connectivity index (χ1) is 12.2. The molecule has 8 heteroatoms. The van der Waals surface area contributed by atoms with E-state index in [9.17, 15) is 9.18 Å². The molecule has 0 aliphatic carbocycles. The normalized spacial score (nSPS) is 21.7. The standard InChI is InChI=1S/C17H14FN5O2/c18-9-1-2-14-11(5-9)12-6-10(25-14)7-16(24)21-13-8-19-23-4-3-15(20-12)22-17(13)23/h1-5,8,10,12H,6-7H2,(H,20,22)(H,21,24)/t10-,12-/m0/s1. The number of rotatable bonds is 0. The quantitative estimate of drug-likeness (QED) is 0.658. The van der Waals surface area contributed by atoms with Crippen molar-refractivity contribution in [1.29, 1.82) is 0 Å². The van der Waals surface area contributed by atoms with Gasteiger partial charge in [-0.1, -0.05) is 0 Å². The van der Waals surface area contributed by atoms with Crippen LogP contribution < -0.4 is 15.4 Å². The van der Waals surface area contributed by atoms with Crippen molar-refractivity contribution in [3.8, 4) is 5.75 Å². The van der Waals surface area contributed by atoms with Gasteiger partial charge in [-0.3, -0.25) is 4.79 Å². The number of anilines is 2. The average molecular weight is 339 g/mol. The van der Waals surface area contributed by atoms with Gasteiger partial charge in [-0.25, -0.2) is 13.9 Å². The molecule has 0 radical (unpaired) electrons. The SMILES string of the molecule is O=C1C[C@@H]2C[C@H](Nc3ccn4ncc(c4n3)N1)c1cc(F)ccc1O2. The summed E-state index contributed by atoms with van der Waals surface area (Å²) in [6, 6.07) is 6.03. The molecule has 0 saturated carbocycles. The van der Waals surface area contributed by atoms with Crippen LogP contribution in [0.25, 0.3) is 5.65 Å². The molecule has 7 nitrogen and oxygen atoms in total. The van der Waals surface area contributed by atoms with Crippen LogP contribution in [-0.4, -0.2) is 26.6 Å². The number of hydrogen-bond donors (Lipinski definition) is 2. The smallest absolute Gasteiger partial charge is 0.228 e. The third-order valence-corrected chi connectivity index (χ3v) is 4.52. The zero-order valence-corrected chi connectivity index (χ0v) is 13.1. The van der Waals surface area contributed by atoms with Gasteiger partial charge in [0, 0.05) is 18.2 Å². The van der Waals surface area contributed by atoms with E-state index in [2.05, 4.69) is 20.7 Å². The van der Waals surface area contributed by atoms with E-state index in [0.717, 1.165) is 5.56 Å². The first kappa shape index (κ1) is 14.2. The summed E-state index contributed by atoms with van der Waals surface area (Å²) in [7, 11) is 0. The van der Waals surface area contributed by atoms with E-state index in [1.54, 1.807) is 29.0 Å². The lowest BCUT2D eigenvalue weighted by Gasteiger charge is -2.32. The van der Waals surface area contributed by atoms with Gasteiger partial charge in [0.05, 0.1) is 18.7 Å². The number of nitrogens with zero attached hydrogens (tertiary/aromatic N) is 3. The molecule has 5 rings (SSSR count). The minimum atomic E-state index is -0.323. The second-order valence-corrected chi connectivity index (χ2v) is 6.25. The summed E-state index contributed by atoms with van der Waals surface area (Å²) in [5.41, 5.74) is 1.83. The summed E-state index contributed by atoms with van der Waals surface area (Å²) < 4.78 is 21.2. The third kappa shape index (κ3) is 2.37. The molecule has 0 spiro atoms. The molecular formula is C17H14FN5O2. The van der Waals surface area contributed by atoms with Crippen molar-refractivity contribution < 1.29 is 13.9 Å². The molecule has 4 bridgehead atoms. The first-order valence-electron chi connectivity index (χ1n) is 8.02. The lowest BCUT2D eigenvalue weighted by atomic mass is 9.94. The fourth-order valence-electron chi connectivity index (χ4n) is 3.40. The van der Waals surface area contributed by atoms with Crippen LogP contribution in [0.4, 0.5) is 15.9 Å². The Morgan fingerprint density at radius 2 is 2.24 bits per heavy atom. The van der Waals surface area contributed by atoms with E-state index in [1.807, 2.05) is 0 Å². The van der Waals surface area contributed by atoms with Crippen LogP contribution in [0.3, 0.4) is 0 Å². The molecule has 1 amide bonds. The largest absolute Gasteiger partial charge is 0.489 e. The minimum absolute atomic E-state index is 0.168. The molecule has 0 unspecified atom stereocenters. The van der Waals surface area contributed by atoms with Crippen molar-refractivity contribution >= 4 is 23.1 Å². The Hall–Kier alpha value is -3.16. The molecule has 2 aliphatic heterocycles. The molecule has 3 aromatic rings. The van der Waals surface area contributed by atoms with Gasteiger partial charge >= 0.3 is 0 Å². The number of carbonyl (C=O) groups is 1. The topological polar surface area (TPSA) is 80.6 Å². The van der Waals surface area contributed by atoms with Gasteiger partial charge in [-0.05, 0) is 24.3 Å². The Bertz CT molecular complexity index is 1000. The number of amides is 1. The summed E-state index contributed by atoms with van der Waals surface area (Å²) in [5.74, 6) is 0.729. The zero-order chi connectivity index (χ0) is 17.0. The molecule has 0 saturated heterocycles. The van der Waals surface area contributed by atoms with Crippen molar-refractivity contribution in [2.24, 2.45) is 0 Å². The Morgan fingerprint density at radius 3 is 3.16 bits per heavy atom. The van der Waals surface area contributed by atoms with E-state index < -0.39 is 0 Å². The predicted octanol–water partition coefficient (Wildman–Crippen LogP) is 2.51. The fraction of sp³-hybridized carbons (Fsp3) is 0.235. The van der Waals surface area contributed by atoms with Gasteiger partial charge < -0.3 is 15.4 Å². The summed E-state index contributed by atoms with van der Waals surface area (Å²) in [6.45, 7) is 0. The molecular weight excluding hydrogens is 325 g/mol. The van der Waals surface area contributed by atoms with Crippen LogP contribution in [0, 0.1) is 5.82 Å². The number of ether oxygens (including phenoxy) is 1. The molecule has 2 atom stereocenters. The van der Waals surface area contributed by atoms with Crippen molar-refractivity contribution in [2.75, 3.05) is 10.6 Å². The highest BCUT2D eigenvalue weighted by Crippen LogP contribution is 2.38. The van der Waals surface area contributed by atoms with Crippen molar-refractivity contribution in [3.05, 3.63) is 48.0 Å². The lowest BCUT2D eigenvalue weighted by molar-refractivity contribution is -0.117. The van der Waals surface area contributed by atoms with Crippen LogP contribution in [0.5, 0.6) is 5.75 Å². The molecule has 2 aliphatic rings. The number of aromatic nitrogens is 3. The maximum Gasteiger partial charge on any atom is 0.228 e. The van der Waals surface area contributed by atoms with Crippen molar-refractivity contribution in [1.82, 2.24) is 14.6 Å². The maximum atomic E-state index is 13.7. The predicted molar refractivity (Wildman–Crippen MR) is 88.0 cm³/mol. The van der Waals surface area contributed by atoms with Gasteiger partial charge in [-0.2, -0.15) is 5.10 Å². The lowest BCUT2D eigenvalue weighted by Crippen LogP contribution is -2.32. The van der Waals surface area contributed by atoms with Gasteiger partial charge in [0.15, 0.2) is 5.65 Å². The van der Waals surface area contributed by atoms with E-state index in [4.69, 9.17) is 4.74 Å². The number of halogens is 1. The summed E-state index contributed by atoms with van der Waals surface area (Å²) in [6.07, 6.45) is 3.76. The minimum Gasteiger partial charge on any atom is -0.489 e. The van der Waals surface area contributed by atoms with Gasteiger partial charge in [0.2, 0.25) is 5.91 Å². The first-order valence-corrected chi connectivity index (χ1v) is 8.02. The number of benzene rings is 1. The van der Waals surface area contributed by atoms with Crippen LogP contribution in [0.1, 0.15) is 24.4 Å². The molecule has 2 aromatic heterocycles. The Kier molecular flexibility index (Phi) is 2.94. The molecule has 0 fully saturated rings. The number of carbonyl (C=O) groups excluding carboxylic acids is 1. The maximum absolute atomic E-state index is 13.7. The second kappa shape index (κ2) is 5.17. The Labute approximate surface area is 141 Å². The molecule has 126 valence electrons. The highest BCUT2D eigenvalue weighted by Gasteiger charge is 2.31. The van der Waals surface area contributed by atoms with E-state index in [-0.39, 0.29) is 30.3 Å². The average Bonchev–Trinajstić information content (AvgIpc) is 2.97. The highest BCUT2D eigenvalue weighted by molar-refractivity contribution is 5.94. The van der Waals surface area contributed by atoms with Crippen LogP contribution in [0.2, 0.25) is 0 Å². The summed E-state index contributed by atoms with van der Waals surface area (Å²) in [4.78, 5) is 16.9. The van der Waals surface area contributed by atoms with Crippen molar-refractivity contribution in [3.63, 3.8) is 0 Å². The molecule has 2 N–H and O–H groups in total. The fourth-order valence-corrected chi connectivity index (χ4v) is 3.40. The number of hydrogen-bond acceptors (Lipinski definition) is 5. The van der Waals surface area contributed by atoms with Gasteiger partial charge in [0.25, 0.3) is 0 Å². The van der Waals surface area contributed by atoms with E-state index in [1.165, 1.54) is 12.1 Å². The van der Waals surface area contributed by atoms with Gasteiger partial charge in [0.1, 0.15) is 29.2 Å². The summed E-state index contributed by atoms with van der Waals surface area (Å²) in [5, 5.41) is 10.4. The Balaban J connectivity index is 1.65. The zero-order valence-electron chi connectivity index (χ0n) is 13.1. The number of nitrogens with one attached hydrogen (secondary N) is 2. The van der Waals surface area contributed by atoms with Gasteiger partial charge in [-0.15, -0.1) is 0 Å². The molecule has 1 aromatic carbocycles. The Morgan fingerprint density at radius 1 is 1.32 bits per heavy atom. The van der Waals surface area contributed by atoms with E-state index in [0.29, 0.717) is 29.3 Å². The summed E-state index contributed by atoms with van der Waals surface area (Å²) >= 11 is 0. The van der Waals surface area contributed by atoms with Crippen LogP contribution >= 0.6 is 0 Å². The van der Waals surface area contributed by atoms with Crippen LogP contribution in [-0.2, 0) is 4.79 Å². The molecule has 4 heterocycles. The van der Waals surface area contributed by atoms with Crippen molar-refractivity contribution in [2.45, 2.75) is 25.0 Å². The van der Waals surface area contributed by atoms with Crippen LogP contribution in [0.15, 0.2) is 36.7 Å². The second-order valence-electron chi connectivity index (χ2n) is 6.25. The van der Waals surface area contributed by atoms with E-state index >= 15 is 0 Å². The highest BCUT2D eigenvalue weighted by atomic mass is 19.1. The monoisotopic (exact) mass is 339 g/mol. The third-order valence-electron chi connectivity index (χ3n) is 4.52.